The second-order valence-electron chi connectivity index (χ2n) is 5.29. The number of nitrogens with zero attached hydrogens (tertiary/aromatic N) is 2. The lowest BCUT2D eigenvalue weighted by Crippen LogP contribution is -2.12. The highest BCUT2D eigenvalue weighted by molar-refractivity contribution is 5.32. The quantitative estimate of drug-likeness (QED) is 0.852. The SMILES string of the molecule is CCCC(OCC)c1nc(N)cc(C2CCCC2)n1. The van der Waals surface area contributed by atoms with E-state index in [1.54, 1.807) is 0 Å². The molecule has 2 rings (SSSR count). The molecular weight excluding hydrogens is 238 g/mol. The van der Waals surface area contributed by atoms with Crippen LogP contribution in [0.5, 0.6) is 0 Å². The Hall–Kier alpha value is -1.16. The maximum Gasteiger partial charge on any atom is 0.159 e. The Kier molecular flexibility index (Phi) is 5.14. The minimum Gasteiger partial charge on any atom is -0.384 e. The van der Waals surface area contributed by atoms with Crippen LogP contribution in [0.1, 0.15) is 75.9 Å². The van der Waals surface area contributed by atoms with Crippen LogP contribution in [0.3, 0.4) is 0 Å². The zero-order chi connectivity index (χ0) is 13.7. The average molecular weight is 263 g/mol. The smallest absolute Gasteiger partial charge is 0.159 e. The Morgan fingerprint density at radius 1 is 1.32 bits per heavy atom. The molecule has 1 aliphatic rings. The Morgan fingerprint density at radius 2 is 2.05 bits per heavy atom. The zero-order valence-corrected chi connectivity index (χ0v) is 12.1. The first kappa shape index (κ1) is 14.3. The molecule has 4 nitrogen and oxygen atoms in total. The summed E-state index contributed by atoms with van der Waals surface area (Å²) in [6.07, 6.45) is 7.04. The van der Waals surface area contributed by atoms with Gasteiger partial charge in [-0.3, -0.25) is 0 Å². The molecule has 1 atom stereocenters. The number of hydrogen-bond acceptors (Lipinski definition) is 4. The van der Waals surface area contributed by atoms with E-state index in [9.17, 15) is 0 Å². The fourth-order valence-electron chi connectivity index (χ4n) is 2.83. The third-order valence-electron chi connectivity index (χ3n) is 3.76. The lowest BCUT2D eigenvalue weighted by atomic mass is 10.0. The maximum atomic E-state index is 5.95. The lowest BCUT2D eigenvalue weighted by molar-refractivity contribution is 0.0493. The summed E-state index contributed by atoms with van der Waals surface area (Å²) in [5.41, 5.74) is 7.06. The van der Waals surface area contributed by atoms with E-state index in [0.717, 1.165) is 24.4 Å². The summed E-state index contributed by atoms with van der Waals surface area (Å²) in [4.78, 5) is 9.12. The minimum atomic E-state index is -0.0151. The molecule has 2 N–H and O–H groups in total. The molecule has 0 aromatic carbocycles. The molecule has 1 unspecified atom stereocenters. The summed E-state index contributed by atoms with van der Waals surface area (Å²) in [6, 6.07) is 1.94. The third-order valence-corrected chi connectivity index (χ3v) is 3.76. The summed E-state index contributed by atoms with van der Waals surface area (Å²) in [5, 5.41) is 0. The zero-order valence-electron chi connectivity index (χ0n) is 12.1. The summed E-state index contributed by atoms with van der Waals surface area (Å²) in [7, 11) is 0. The van der Waals surface area contributed by atoms with Crippen molar-refractivity contribution in [1.29, 1.82) is 0 Å². The monoisotopic (exact) mass is 263 g/mol. The van der Waals surface area contributed by atoms with Crippen LogP contribution in [0.4, 0.5) is 5.82 Å². The van der Waals surface area contributed by atoms with Crippen molar-refractivity contribution in [3.63, 3.8) is 0 Å². The second kappa shape index (κ2) is 6.85. The van der Waals surface area contributed by atoms with Crippen molar-refractivity contribution in [3.05, 3.63) is 17.6 Å². The van der Waals surface area contributed by atoms with Gasteiger partial charge in [-0.25, -0.2) is 9.97 Å². The molecule has 0 spiro atoms. The van der Waals surface area contributed by atoms with Crippen molar-refractivity contribution in [2.75, 3.05) is 12.3 Å². The second-order valence-corrected chi connectivity index (χ2v) is 5.29. The van der Waals surface area contributed by atoms with Crippen molar-refractivity contribution in [1.82, 2.24) is 9.97 Å². The van der Waals surface area contributed by atoms with Crippen molar-refractivity contribution in [2.24, 2.45) is 0 Å². The number of ether oxygens (including phenoxy) is 1. The van der Waals surface area contributed by atoms with E-state index in [-0.39, 0.29) is 6.10 Å². The van der Waals surface area contributed by atoms with Crippen molar-refractivity contribution in [2.45, 2.75) is 64.4 Å². The van der Waals surface area contributed by atoms with Gasteiger partial charge in [0.15, 0.2) is 5.82 Å². The van der Waals surface area contributed by atoms with E-state index in [1.807, 2.05) is 13.0 Å². The van der Waals surface area contributed by atoms with Gasteiger partial charge in [-0.05, 0) is 26.2 Å². The molecule has 106 valence electrons. The summed E-state index contributed by atoms with van der Waals surface area (Å²) in [6.45, 7) is 4.84. The summed E-state index contributed by atoms with van der Waals surface area (Å²) >= 11 is 0. The van der Waals surface area contributed by atoms with Crippen LogP contribution in [-0.2, 0) is 4.74 Å². The third kappa shape index (κ3) is 3.66. The lowest BCUT2D eigenvalue weighted by Gasteiger charge is -2.17. The van der Waals surface area contributed by atoms with Crippen LogP contribution in [-0.4, -0.2) is 16.6 Å². The molecule has 1 aromatic rings. The highest BCUT2D eigenvalue weighted by atomic mass is 16.5. The molecule has 1 aliphatic carbocycles. The highest BCUT2D eigenvalue weighted by Gasteiger charge is 2.22. The molecule has 1 fully saturated rings. The highest BCUT2D eigenvalue weighted by Crippen LogP contribution is 2.34. The average Bonchev–Trinajstić information content (AvgIpc) is 2.91. The van der Waals surface area contributed by atoms with Crippen LogP contribution in [0.2, 0.25) is 0 Å². The number of nitrogen functional groups attached to an aromatic ring is 1. The van der Waals surface area contributed by atoms with E-state index in [4.69, 9.17) is 15.5 Å². The van der Waals surface area contributed by atoms with Crippen LogP contribution in [0, 0.1) is 0 Å². The molecule has 0 saturated heterocycles. The fourth-order valence-corrected chi connectivity index (χ4v) is 2.83. The van der Waals surface area contributed by atoms with Gasteiger partial charge in [0.25, 0.3) is 0 Å². The van der Waals surface area contributed by atoms with Crippen molar-refractivity contribution in [3.8, 4) is 0 Å². The number of nitrogens with two attached hydrogens (primary N) is 1. The first-order valence-corrected chi connectivity index (χ1v) is 7.50. The van der Waals surface area contributed by atoms with Crippen LogP contribution in [0.25, 0.3) is 0 Å². The van der Waals surface area contributed by atoms with Gasteiger partial charge >= 0.3 is 0 Å². The molecule has 0 radical (unpaired) electrons. The summed E-state index contributed by atoms with van der Waals surface area (Å²) < 4.78 is 5.76. The van der Waals surface area contributed by atoms with Gasteiger partial charge in [-0.2, -0.15) is 0 Å². The van der Waals surface area contributed by atoms with Crippen LogP contribution in [0.15, 0.2) is 6.07 Å². The molecule has 19 heavy (non-hydrogen) atoms. The topological polar surface area (TPSA) is 61.0 Å². The predicted molar refractivity (Wildman–Crippen MR) is 76.9 cm³/mol. The van der Waals surface area contributed by atoms with E-state index in [2.05, 4.69) is 11.9 Å². The molecular formula is C15H25N3O. The van der Waals surface area contributed by atoms with Gasteiger partial charge in [0.1, 0.15) is 11.9 Å². The Labute approximate surface area is 115 Å². The molecule has 1 aromatic heterocycles. The van der Waals surface area contributed by atoms with Crippen molar-refractivity contribution < 1.29 is 4.74 Å². The molecule has 1 saturated carbocycles. The number of rotatable bonds is 6. The van der Waals surface area contributed by atoms with Gasteiger partial charge in [0, 0.05) is 24.3 Å². The molecule has 1 heterocycles. The number of anilines is 1. The molecule has 0 amide bonds. The molecule has 0 bridgehead atoms. The van der Waals surface area contributed by atoms with Gasteiger partial charge < -0.3 is 10.5 Å². The standard InChI is InChI=1S/C15H25N3O/c1-3-7-13(19-4-2)15-17-12(10-14(16)18-15)11-8-5-6-9-11/h10-11,13H,3-9H2,1-2H3,(H2,16,17,18). The van der Waals surface area contributed by atoms with Crippen LogP contribution >= 0.6 is 0 Å². The largest absolute Gasteiger partial charge is 0.384 e. The Balaban J connectivity index is 2.23. The van der Waals surface area contributed by atoms with E-state index in [0.29, 0.717) is 18.3 Å². The van der Waals surface area contributed by atoms with E-state index in [1.165, 1.54) is 25.7 Å². The number of hydrogen-bond donors (Lipinski definition) is 1. The first-order chi connectivity index (χ1) is 9.24. The van der Waals surface area contributed by atoms with E-state index >= 15 is 0 Å². The fraction of sp³-hybridized carbons (Fsp3) is 0.733. The van der Waals surface area contributed by atoms with Gasteiger partial charge in [0.05, 0.1) is 0 Å². The van der Waals surface area contributed by atoms with Gasteiger partial charge in [-0.1, -0.05) is 26.2 Å². The first-order valence-electron chi connectivity index (χ1n) is 7.50. The maximum absolute atomic E-state index is 5.95. The predicted octanol–water partition coefficient (Wildman–Crippen LogP) is 3.59. The Bertz CT molecular complexity index is 396. The Morgan fingerprint density at radius 3 is 2.68 bits per heavy atom. The van der Waals surface area contributed by atoms with Gasteiger partial charge in [0.2, 0.25) is 0 Å². The van der Waals surface area contributed by atoms with E-state index < -0.39 is 0 Å². The van der Waals surface area contributed by atoms with Crippen molar-refractivity contribution >= 4 is 5.82 Å². The number of aromatic nitrogens is 2. The molecule has 4 heteroatoms. The summed E-state index contributed by atoms with van der Waals surface area (Å²) in [5.74, 6) is 1.91. The molecule has 0 aliphatic heterocycles. The van der Waals surface area contributed by atoms with Crippen LogP contribution < -0.4 is 5.73 Å². The van der Waals surface area contributed by atoms with Gasteiger partial charge in [-0.15, -0.1) is 0 Å². The normalized spacial score (nSPS) is 17.8. The minimum absolute atomic E-state index is 0.0151.